The van der Waals surface area contributed by atoms with Crippen LogP contribution in [0.5, 0.6) is 11.5 Å². The van der Waals surface area contributed by atoms with Crippen molar-refractivity contribution in [2.24, 2.45) is 0 Å². The van der Waals surface area contributed by atoms with E-state index in [-0.39, 0.29) is 11.7 Å². The molecule has 0 fully saturated rings. The summed E-state index contributed by atoms with van der Waals surface area (Å²) in [5.74, 6) is 0.800. The molecular formula is C35H27N3O4S2. The van der Waals surface area contributed by atoms with Crippen LogP contribution in [-0.4, -0.2) is 30.9 Å². The number of hydrogen-bond donors (Lipinski definition) is 2. The van der Waals surface area contributed by atoms with Gasteiger partial charge in [-0.3, -0.25) is 9.59 Å². The summed E-state index contributed by atoms with van der Waals surface area (Å²) in [4.78, 5) is 33.0. The number of benzene rings is 3. The number of fused-ring (bicyclic) bond motifs is 1. The van der Waals surface area contributed by atoms with Gasteiger partial charge >= 0.3 is 0 Å². The summed E-state index contributed by atoms with van der Waals surface area (Å²) in [6.45, 7) is 0. The molecule has 0 aliphatic carbocycles. The largest absolute Gasteiger partial charge is 0.497 e. The first-order valence-electron chi connectivity index (χ1n) is 13.6. The van der Waals surface area contributed by atoms with Crippen LogP contribution in [0.4, 0.5) is 11.4 Å². The Morgan fingerprint density at radius 1 is 0.886 bits per heavy atom. The third kappa shape index (κ3) is 5.83. The molecule has 0 bridgehead atoms. The first kappa shape index (κ1) is 28.9. The number of ketones is 1. The summed E-state index contributed by atoms with van der Waals surface area (Å²) < 4.78 is 11.2. The molecule has 9 heteroatoms. The average Bonchev–Trinajstić information content (AvgIpc) is 3.71. The SMILES string of the molecule is COc1ccc(OC)c(-c2cc(-c3ccccc3)nc3sc(C(=O)Nc4ccc(C(=O)C=Cc5cccs5)cc4)c(N)c23)c1. The van der Waals surface area contributed by atoms with Gasteiger partial charge in [0.2, 0.25) is 0 Å². The van der Waals surface area contributed by atoms with Crippen molar-refractivity contribution in [2.75, 3.05) is 25.3 Å². The van der Waals surface area contributed by atoms with E-state index in [0.717, 1.165) is 27.3 Å². The van der Waals surface area contributed by atoms with Crippen molar-refractivity contribution < 1.29 is 19.1 Å². The molecule has 3 heterocycles. The molecule has 7 nitrogen and oxygen atoms in total. The van der Waals surface area contributed by atoms with Crippen molar-refractivity contribution >= 4 is 62.0 Å². The number of rotatable bonds is 9. The number of carbonyl (C=O) groups excluding carboxylic acids is 2. The highest BCUT2D eigenvalue weighted by Crippen LogP contribution is 2.45. The summed E-state index contributed by atoms with van der Waals surface area (Å²) in [5, 5.41) is 5.53. The second-order valence-corrected chi connectivity index (χ2v) is 11.7. The van der Waals surface area contributed by atoms with Gasteiger partial charge in [-0.25, -0.2) is 4.98 Å². The van der Waals surface area contributed by atoms with E-state index in [0.29, 0.717) is 43.5 Å². The van der Waals surface area contributed by atoms with Crippen LogP contribution in [0.2, 0.25) is 0 Å². The lowest BCUT2D eigenvalue weighted by molar-refractivity contribution is 0.102. The van der Waals surface area contributed by atoms with E-state index in [9.17, 15) is 9.59 Å². The Morgan fingerprint density at radius 2 is 1.68 bits per heavy atom. The average molecular weight is 618 g/mol. The van der Waals surface area contributed by atoms with E-state index in [1.807, 2.05) is 72.1 Å². The van der Waals surface area contributed by atoms with Crippen LogP contribution in [0, 0.1) is 0 Å². The molecular weight excluding hydrogens is 591 g/mol. The summed E-state index contributed by atoms with van der Waals surface area (Å²) in [7, 11) is 3.21. The molecule has 44 heavy (non-hydrogen) atoms. The first-order valence-corrected chi connectivity index (χ1v) is 15.3. The molecule has 0 radical (unpaired) electrons. The van der Waals surface area contributed by atoms with Crippen molar-refractivity contribution in [2.45, 2.75) is 0 Å². The number of amides is 1. The Bertz CT molecular complexity index is 2000. The summed E-state index contributed by atoms with van der Waals surface area (Å²) >= 11 is 2.78. The Labute approximate surface area is 262 Å². The van der Waals surface area contributed by atoms with Crippen molar-refractivity contribution in [1.82, 2.24) is 4.98 Å². The third-order valence-corrected chi connectivity index (χ3v) is 8.98. The summed E-state index contributed by atoms with van der Waals surface area (Å²) in [6, 6.07) is 28.0. The Hall–Kier alpha value is -5.25. The van der Waals surface area contributed by atoms with Crippen molar-refractivity contribution in [3.8, 4) is 33.9 Å². The molecule has 3 N–H and O–H groups in total. The van der Waals surface area contributed by atoms with E-state index >= 15 is 0 Å². The van der Waals surface area contributed by atoms with Crippen LogP contribution in [0.3, 0.4) is 0 Å². The maximum absolute atomic E-state index is 13.6. The summed E-state index contributed by atoms with van der Waals surface area (Å²) in [6.07, 6.45) is 3.34. The van der Waals surface area contributed by atoms with Crippen LogP contribution in [0.25, 0.3) is 38.7 Å². The number of thiophene rings is 2. The molecule has 1 amide bonds. The second-order valence-electron chi connectivity index (χ2n) is 9.76. The van der Waals surface area contributed by atoms with Gasteiger partial charge in [-0.1, -0.05) is 36.4 Å². The van der Waals surface area contributed by atoms with Crippen molar-refractivity contribution in [3.63, 3.8) is 0 Å². The topological polar surface area (TPSA) is 104 Å². The minimum atomic E-state index is -0.369. The molecule has 0 unspecified atom stereocenters. The van der Waals surface area contributed by atoms with Gasteiger partial charge in [0.1, 0.15) is 21.2 Å². The molecule has 6 rings (SSSR count). The number of allylic oxidation sites excluding steroid dienone is 1. The summed E-state index contributed by atoms with van der Waals surface area (Å²) in [5.41, 5.74) is 11.3. The maximum atomic E-state index is 13.6. The minimum absolute atomic E-state index is 0.120. The maximum Gasteiger partial charge on any atom is 0.267 e. The van der Waals surface area contributed by atoms with E-state index in [2.05, 4.69) is 5.32 Å². The molecule has 0 atom stereocenters. The number of nitrogen functional groups attached to an aromatic ring is 1. The van der Waals surface area contributed by atoms with Crippen molar-refractivity contribution in [1.29, 1.82) is 0 Å². The van der Waals surface area contributed by atoms with E-state index < -0.39 is 0 Å². The zero-order chi connectivity index (χ0) is 30.6. The molecule has 0 saturated heterocycles. The Balaban J connectivity index is 1.36. The quantitative estimate of drug-likeness (QED) is 0.125. The zero-order valence-electron chi connectivity index (χ0n) is 23.9. The van der Waals surface area contributed by atoms with Crippen LogP contribution < -0.4 is 20.5 Å². The van der Waals surface area contributed by atoms with Gasteiger partial charge in [0.15, 0.2) is 5.78 Å². The first-order chi connectivity index (χ1) is 21.4. The molecule has 0 spiro atoms. The fraction of sp³-hybridized carbons (Fsp3) is 0.0571. The fourth-order valence-electron chi connectivity index (χ4n) is 4.83. The standard InChI is InChI=1S/C35H27N3O4S2/c1-41-24-14-17-30(42-2)26(19-24)27-20-28(21-7-4-3-5-8-21)38-35-31(27)32(36)33(44-35)34(40)37-23-12-10-22(11-13-23)29(39)16-15-25-9-6-18-43-25/h3-20H,36H2,1-2H3,(H,37,40). The molecule has 0 saturated carbocycles. The molecule has 3 aromatic carbocycles. The third-order valence-electron chi connectivity index (χ3n) is 7.04. The second kappa shape index (κ2) is 12.5. The lowest BCUT2D eigenvalue weighted by Crippen LogP contribution is -2.12. The number of pyridine rings is 1. The molecule has 0 aliphatic heterocycles. The minimum Gasteiger partial charge on any atom is -0.497 e. The number of anilines is 2. The van der Waals surface area contributed by atoms with Gasteiger partial charge in [-0.15, -0.1) is 22.7 Å². The number of methoxy groups -OCH3 is 2. The van der Waals surface area contributed by atoms with Gasteiger partial charge < -0.3 is 20.5 Å². The molecule has 3 aromatic heterocycles. The van der Waals surface area contributed by atoms with Gasteiger partial charge in [0.25, 0.3) is 5.91 Å². The highest BCUT2D eigenvalue weighted by molar-refractivity contribution is 7.21. The molecule has 0 aliphatic rings. The number of carbonyl (C=O) groups is 2. The van der Waals surface area contributed by atoms with Gasteiger partial charge in [0.05, 0.1) is 25.6 Å². The van der Waals surface area contributed by atoms with Crippen LogP contribution in [0.1, 0.15) is 24.9 Å². The smallest absolute Gasteiger partial charge is 0.267 e. The Morgan fingerprint density at radius 3 is 2.39 bits per heavy atom. The van der Waals surface area contributed by atoms with Gasteiger partial charge in [0, 0.05) is 38.2 Å². The van der Waals surface area contributed by atoms with E-state index in [1.165, 1.54) is 11.3 Å². The predicted molar refractivity (Wildman–Crippen MR) is 180 cm³/mol. The number of nitrogens with zero attached hydrogens (tertiary/aromatic N) is 1. The number of nitrogens with one attached hydrogen (secondary N) is 1. The Kier molecular flexibility index (Phi) is 8.23. The van der Waals surface area contributed by atoms with E-state index in [4.69, 9.17) is 20.2 Å². The highest BCUT2D eigenvalue weighted by Gasteiger charge is 2.23. The molecule has 218 valence electrons. The van der Waals surface area contributed by atoms with Crippen molar-refractivity contribution in [3.05, 3.63) is 118 Å². The van der Waals surface area contributed by atoms with Crippen LogP contribution in [0.15, 0.2) is 102 Å². The van der Waals surface area contributed by atoms with Gasteiger partial charge in [-0.2, -0.15) is 0 Å². The fourth-order valence-corrected chi connectivity index (χ4v) is 6.46. The molecule has 6 aromatic rings. The lowest BCUT2D eigenvalue weighted by atomic mass is 9.98. The number of hydrogen-bond acceptors (Lipinski definition) is 8. The lowest BCUT2D eigenvalue weighted by Gasteiger charge is -2.14. The number of ether oxygens (including phenoxy) is 2. The van der Waals surface area contributed by atoms with E-state index in [1.54, 1.807) is 62.0 Å². The number of aromatic nitrogens is 1. The van der Waals surface area contributed by atoms with Crippen LogP contribution >= 0.6 is 22.7 Å². The zero-order valence-corrected chi connectivity index (χ0v) is 25.5. The van der Waals surface area contributed by atoms with Crippen LogP contribution in [-0.2, 0) is 0 Å². The normalized spacial score (nSPS) is 11.1. The highest BCUT2D eigenvalue weighted by atomic mass is 32.1. The number of nitrogens with two attached hydrogens (primary N) is 1. The van der Waals surface area contributed by atoms with Gasteiger partial charge in [-0.05, 0) is 72.1 Å². The predicted octanol–water partition coefficient (Wildman–Crippen LogP) is 8.44. The monoisotopic (exact) mass is 617 g/mol.